The van der Waals surface area contributed by atoms with E-state index in [1.807, 2.05) is 0 Å². The number of ether oxygens (including phenoxy) is 1. The molecule has 0 heterocycles. The van der Waals surface area contributed by atoms with Gasteiger partial charge in [0.1, 0.15) is 12.6 Å². The third-order valence-corrected chi connectivity index (χ3v) is 4.08. The Kier molecular flexibility index (Phi) is 12.3. The maximum Gasteiger partial charge on any atom is 0.407 e. The normalized spacial score (nSPS) is 11.2. The number of benzene rings is 1. The Hall–Kier alpha value is -3.18. The number of nitrogens with two attached hydrogens (primary N) is 2. The lowest BCUT2D eigenvalue weighted by atomic mass is 10.2. The average molecular weight is 437 g/mol. The molecule has 0 saturated carbocycles. The van der Waals surface area contributed by atoms with Gasteiger partial charge < -0.3 is 37.5 Å². The van der Waals surface area contributed by atoms with Crippen LogP contribution < -0.4 is 32.7 Å². The second kappa shape index (κ2) is 14.7. The molecule has 31 heavy (non-hydrogen) atoms. The molecule has 0 aliphatic rings. The molecule has 0 radical (unpaired) electrons. The summed E-state index contributed by atoms with van der Waals surface area (Å²) in [6.07, 6.45) is 1.16. The Bertz CT molecular complexity index is 725. The SMILES string of the molecule is C[C@H](NC(=O)CNC(=O)CCCCN)C(=O)Nc1ccc(COC(=O)NCCN)cc1. The number of rotatable bonds is 13. The molecule has 0 unspecified atom stereocenters. The first-order valence-electron chi connectivity index (χ1n) is 10.1. The van der Waals surface area contributed by atoms with Crippen molar-refractivity contribution < 1.29 is 23.9 Å². The van der Waals surface area contributed by atoms with Crippen molar-refractivity contribution in [1.29, 1.82) is 0 Å². The highest BCUT2D eigenvalue weighted by Crippen LogP contribution is 2.11. The molecule has 0 spiro atoms. The molecular formula is C20H32N6O5. The van der Waals surface area contributed by atoms with Gasteiger partial charge in [-0.25, -0.2) is 4.79 Å². The van der Waals surface area contributed by atoms with Gasteiger partial charge in [-0.05, 0) is 44.0 Å². The number of unbranched alkanes of at least 4 members (excludes halogenated alkanes) is 1. The predicted molar refractivity (Wildman–Crippen MR) is 116 cm³/mol. The van der Waals surface area contributed by atoms with Gasteiger partial charge in [-0.3, -0.25) is 14.4 Å². The summed E-state index contributed by atoms with van der Waals surface area (Å²) in [6, 6.07) is 5.93. The molecule has 1 aromatic carbocycles. The zero-order chi connectivity index (χ0) is 23.1. The first-order chi connectivity index (χ1) is 14.8. The van der Waals surface area contributed by atoms with E-state index in [0.717, 1.165) is 12.0 Å². The molecule has 0 bridgehead atoms. The molecule has 1 rings (SSSR count). The molecule has 1 atom stereocenters. The Balaban J connectivity index is 2.35. The summed E-state index contributed by atoms with van der Waals surface area (Å²) < 4.78 is 5.02. The number of hydrogen-bond donors (Lipinski definition) is 6. The maximum absolute atomic E-state index is 12.2. The monoisotopic (exact) mass is 436 g/mol. The molecule has 11 nitrogen and oxygen atoms in total. The Labute approximate surface area is 181 Å². The van der Waals surface area contributed by atoms with E-state index in [1.165, 1.54) is 0 Å². The molecule has 1 aromatic rings. The second-order valence-corrected chi connectivity index (χ2v) is 6.79. The van der Waals surface area contributed by atoms with Gasteiger partial charge in [-0.1, -0.05) is 12.1 Å². The summed E-state index contributed by atoms with van der Waals surface area (Å²) in [7, 11) is 0. The fourth-order valence-corrected chi connectivity index (χ4v) is 2.36. The highest BCUT2D eigenvalue weighted by atomic mass is 16.5. The second-order valence-electron chi connectivity index (χ2n) is 6.79. The summed E-state index contributed by atoms with van der Waals surface area (Å²) in [5.41, 5.74) is 11.9. The third-order valence-electron chi connectivity index (χ3n) is 4.08. The fraction of sp³-hybridized carbons (Fsp3) is 0.500. The van der Waals surface area contributed by atoms with Crippen molar-refractivity contribution in [2.75, 3.05) is 31.5 Å². The fourth-order valence-electron chi connectivity index (χ4n) is 2.36. The number of anilines is 1. The van der Waals surface area contributed by atoms with Crippen LogP contribution in [0.25, 0.3) is 0 Å². The first-order valence-corrected chi connectivity index (χ1v) is 10.1. The summed E-state index contributed by atoms with van der Waals surface area (Å²) in [4.78, 5) is 47.1. The summed E-state index contributed by atoms with van der Waals surface area (Å²) >= 11 is 0. The van der Waals surface area contributed by atoms with E-state index < -0.39 is 23.9 Å². The van der Waals surface area contributed by atoms with Crippen molar-refractivity contribution in [2.24, 2.45) is 11.5 Å². The lowest BCUT2D eigenvalue weighted by Crippen LogP contribution is -2.45. The van der Waals surface area contributed by atoms with Crippen LogP contribution in [0.4, 0.5) is 10.5 Å². The van der Waals surface area contributed by atoms with Gasteiger partial charge in [0.15, 0.2) is 0 Å². The van der Waals surface area contributed by atoms with E-state index in [2.05, 4.69) is 21.3 Å². The Morgan fingerprint density at radius 3 is 2.32 bits per heavy atom. The lowest BCUT2D eigenvalue weighted by molar-refractivity contribution is -0.128. The molecule has 0 aromatic heterocycles. The van der Waals surface area contributed by atoms with E-state index in [9.17, 15) is 19.2 Å². The molecule has 11 heteroatoms. The number of nitrogens with one attached hydrogen (secondary N) is 4. The van der Waals surface area contributed by atoms with E-state index in [1.54, 1.807) is 31.2 Å². The van der Waals surface area contributed by atoms with Crippen molar-refractivity contribution in [1.82, 2.24) is 16.0 Å². The van der Waals surface area contributed by atoms with Gasteiger partial charge in [0, 0.05) is 25.2 Å². The molecule has 0 aliphatic carbocycles. The van der Waals surface area contributed by atoms with Gasteiger partial charge in [0.25, 0.3) is 0 Å². The molecule has 172 valence electrons. The first kappa shape index (κ1) is 25.9. The van der Waals surface area contributed by atoms with E-state index in [0.29, 0.717) is 38.2 Å². The minimum atomic E-state index is -0.795. The molecule has 0 fully saturated rings. The number of carbonyl (C=O) groups is 4. The zero-order valence-electron chi connectivity index (χ0n) is 17.7. The molecule has 0 saturated heterocycles. The minimum absolute atomic E-state index is 0.0784. The van der Waals surface area contributed by atoms with Crippen molar-refractivity contribution in [3.8, 4) is 0 Å². The lowest BCUT2D eigenvalue weighted by Gasteiger charge is -2.15. The van der Waals surface area contributed by atoms with Crippen LogP contribution in [-0.4, -0.2) is 56.0 Å². The average Bonchev–Trinajstić information content (AvgIpc) is 2.75. The van der Waals surface area contributed by atoms with Gasteiger partial charge >= 0.3 is 6.09 Å². The van der Waals surface area contributed by atoms with Gasteiger partial charge in [-0.2, -0.15) is 0 Å². The molecule has 0 aliphatic heterocycles. The van der Waals surface area contributed by atoms with E-state index >= 15 is 0 Å². The summed E-state index contributed by atoms with van der Waals surface area (Å²) in [5, 5.41) is 10.2. The Morgan fingerprint density at radius 1 is 0.968 bits per heavy atom. The maximum atomic E-state index is 12.2. The molecule has 8 N–H and O–H groups in total. The van der Waals surface area contributed by atoms with Crippen LogP contribution in [0.15, 0.2) is 24.3 Å². The Morgan fingerprint density at radius 2 is 1.68 bits per heavy atom. The standard InChI is InChI=1S/C20H32N6O5/c1-14(25-18(28)12-24-17(27)4-2-3-9-21)19(29)26-16-7-5-15(6-8-16)13-31-20(30)23-11-10-22/h5-8,14H,2-4,9-13,21-22H2,1H3,(H,23,30)(H,24,27)(H,25,28)(H,26,29)/t14-/m0/s1. The number of alkyl carbamates (subject to hydrolysis) is 1. The van der Waals surface area contributed by atoms with Crippen LogP contribution in [0.2, 0.25) is 0 Å². The van der Waals surface area contributed by atoms with Crippen LogP contribution in [0.1, 0.15) is 31.7 Å². The zero-order valence-corrected chi connectivity index (χ0v) is 17.7. The van der Waals surface area contributed by atoms with Crippen LogP contribution in [-0.2, 0) is 25.7 Å². The third kappa shape index (κ3) is 11.6. The van der Waals surface area contributed by atoms with Crippen LogP contribution in [0.5, 0.6) is 0 Å². The van der Waals surface area contributed by atoms with Crippen molar-refractivity contribution in [2.45, 2.75) is 38.8 Å². The summed E-state index contributed by atoms with van der Waals surface area (Å²) in [5.74, 6) is -1.11. The van der Waals surface area contributed by atoms with Crippen molar-refractivity contribution in [3.63, 3.8) is 0 Å². The molecular weight excluding hydrogens is 404 g/mol. The molecule has 4 amide bonds. The minimum Gasteiger partial charge on any atom is -0.445 e. The number of amides is 4. The topological polar surface area (TPSA) is 178 Å². The highest BCUT2D eigenvalue weighted by molar-refractivity contribution is 5.97. The van der Waals surface area contributed by atoms with E-state index in [-0.39, 0.29) is 19.1 Å². The summed E-state index contributed by atoms with van der Waals surface area (Å²) in [6.45, 7) is 2.59. The predicted octanol–water partition coefficient (Wildman–Crippen LogP) is -0.440. The number of carbonyl (C=O) groups excluding carboxylic acids is 4. The van der Waals surface area contributed by atoms with Gasteiger partial charge in [0.2, 0.25) is 17.7 Å². The smallest absolute Gasteiger partial charge is 0.407 e. The highest BCUT2D eigenvalue weighted by Gasteiger charge is 2.16. The largest absolute Gasteiger partial charge is 0.445 e. The quantitative estimate of drug-likeness (QED) is 0.227. The van der Waals surface area contributed by atoms with Crippen molar-refractivity contribution >= 4 is 29.5 Å². The van der Waals surface area contributed by atoms with Crippen LogP contribution >= 0.6 is 0 Å². The van der Waals surface area contributed by atoms with Gasteiger partial charge in [0.05, 0.1) is 6.54 Å². The van der Waals surface area contributed by atoms with Crippen LogP contribution in [0.3, 0.4) is 0 Å². The number of hydrogen-bond acceptors (Lipinski definition) is 7. The van der Waals surface area contributed by atoms with Gasteiger partial charge in [-0.15, -0.1) is 0 Å². The van der Waals surface area contributed by atoms with Crippen molar-refractivity contribution in [3.05, 3.63) is 29.8 Å². The van der Waals surface area contributed by atoms with Crippen LogP contribution in [0, 0.1) is 0 Å². The van der Waals surface area contributed by atoms with E-state index in [4.69, 9.17) is 16.2 Å².